The van der Waals surface area contributed by atoms with Crippen molar-refractivity contribution < 1.29 is 43.0 Å². The molecule has 0 aliphatic heterocycles. The lowest BCUT2D eigenvalue weighted by molar-refractivity contribution is -0.0734. The van der Waals surface area contributed by atoms with E-state index in [4.69, 9.17) is 23.8 Å². The first-order valence-corrected chi connectivity index (χ1v) is 15.0. The van der Waals surface area contributed by atoms with Crippen LogP contribution in [0.5, 0.6) is 0 Å². The van der Waals surface area contributed by atoms with Crippen molar-refractivity contribution in [3.05, 3.63) is 144 Å². The topological polar surface area (TPSA) is 127 Å². The van der Waals surface area contributed by atoms with Gasteiger partial charge >= 0.3 is 23.9 Å². The van der Waals surface area contributed by atoms with Crippen molar-refractivity contribution in [1.82, 2.24) is 0 Å². The largest absolute Gasteiger partial charge is 0.461 e. The molecule has 0 spiro atoms. The van der Waals surface area contributed by atoms with E-state index in [9.17, 15) is 19.2 Å². The number of ether oxygens (including phenoxy) is 4. The molecule has 0 N–H and O–H groups in total. The number of esters is 4. The molecule has 0 saturated heterocycles. The Hall–Kier alpha value is -5.29. The molecule has 0 amide bonds. The lowest BCUT2D eigenvalue weighted by Crippen LogP contribution is -2.51. The van der Waals surface area contributed by atoms with Crippen LogP contribution in [0.25, 0.3) is 0 Å². The molecule has 236 valence electrons. The van der Waals surface area contributed by atoms with Gasteiger partial charge in [0.2, 0.25) is 0 Å². The lowest BCUT2D eigenvalue weighted by Gasteiger charge is -2.33. The summed E-state index contributed by atoms with van der Waals surface area (Å²) < 4.78 is 23.2. The summed E-state index contributed by atoms with van der Waals surface area (Å²) in [5, 5.41) is 3.78. The minimum Gasteiger partial charge on any atom is -0.461 e. The Kier molecular flexibility index (Phi) is 12.6. The van der Waals surface area contributed by atoms with Gasteiger partial charge in [-0.15, -0.1) is 0 Å². The fourth-order valence-corrected chi connectivity index (χ4v) is 4.72. The molecule has 10 nitrogen and oxygen atoms in total. The Bertz CT molecular complexity index is 1600. The number of hydrogen-bond donors (Lipinski definition) is 0. The molecule has 0 saturated carbocycles. The third kappa shape index (κ3) is 9.60. The zero-order chi connectivity index (χ0) is 32.7. The second-order valence-corrected chi connectivity index (χ2v) is 10.8. The predicted molar refractivity (Wildman–Crippen MR) is 172 cm³/mol. The van der Waals surface area contributed by atoms with Crippen molar-refractivity contribution in [3.8, 4) is 0 Å². The van der Waals surface area contributed by atoms with Crippen molar-refractivity contribution in [2.45, 2.75) is 23.1 Å². The molecule has 0 radical (unpaired) electrons. The molecule has 4 atom stereocenters. The van der Waals surface area contributed by atoms with Crippen molar-refractivity contribution in [1.29, 1.82) is 0 Å². The Balaban J connectivity index is 1.73. The first kappa shape index (κ1) is 33.6. The van der Waals surface area contributed by atoms with Crippen LogP contribution in [-0.4, -0.2) is 66.9 Å². The maximum atomic E-state index is 13.4. The van der Waals surface area contributed by atoms with Gasteiger partial charge in [-0.1, -0.05) is 93.9 Å². The molecular weight excluding hydrogens is 658 g/mol. The van der Waals surface area contributed by atoms with Crippen LogP contribution in [-0.2, 0) is 23.8 Å². The highest BCUT2D eigenvalue weighted by atomic mass is 79.9. The second kappa shape index (κ2) is 17.3. The molecule has 0 aliphatic rings. The van der Waals surface area contributed by atoms with Gasteiger partial charge in [0.1, 0.15) is 13.7 Å². The van der Waals surface area contributed by atoms with Crippen LogP contribution in [0.1, 0.15) is 41.4 Å². The molecule has 11 heteroatoms. The Labute approximate surface area is 274 Å². The second-order valence-electron chi connectivity index (χ2n) is 9.63. The van der Waals surface area contributed by atoms with E-state index in [1.807, 2.05) is 0 Å². The standard InChI is InChI=1S/C35H30BrNO9/c1-42-37-22-29(44-33(39)25-16-8-3-9-17-25)31(46-35(41)27-20-12-5-13-21-27)30(45-34(40)26-18-10-4-11-19-26)28(36)23-43-32(38)24-14-6-2-7-15-24/h2-22,28-31H,23H2,1H3/b37-22+/t28-,29-,30+,31+/m0/s1. The molecule has 4 aromatic carbocycles. The zero-order valence-corrected chi connectivity index (χ0v) is 26.2. The maximum absolute atomic E-state index is 13.4. The number of carbonyl (C=O) groups is 4. The van der Waals surface area contributed by atoms with Gasteiger partial charge in [-0.25, -0.2) is 19.2 Å². The summed E-state index contributed by atoms with van der Waals surface area (Å²) in [4.78, 5) is 56.8. The fourth-order valence-electron chi connectivity index (χ4n) is 4.18. The molecule has 0 unspecified atom stereocenters. The molecule has 0 aliphatic carbocycles. The summed E-state index contributed by atoms with van der Waals surface area (Å²) in [5.74, 6) is -2.99. The monoisotopic (exact) mass is 687 g/mol. The highest BCUT2D eigenvalue weighted by molar-refractivity contribution is 9.09. The molecular formula is C35H30BrNO9. The fraction of sp³-hybridized carbons (Fsp3) is 0.171. The summed E-state index contributed by atoms with van der Waals surface area (Å²) in [6.07, 6.45) is -3.26. The van der Waals surface area contributed by atoms with Gasteiger partial charge in [-0.05, 0) is 48.5 Å². The Morgan fingerprint density at radius 3 is 1.37 bits per heavy atom. The quantitative estimate of drug-likeness (QED) is 0.0522. The average Bonchev–Trinajstić information content (AvgIpc) is 3.11. The van der Waals surface area contributed by atoms with E-state index >= 15 is 0 Å². The van der Waals surface area contributed by atoms with Crippen molar-refractivity contribution in [2.75, 3.05) is 13.7 Å². The summed E-state index contributed by atoms with van der Waals surface area (Å²) in [6, 6.07) is 32.6. The third-order valence-electron chi connectivity index (χ3n) is 6.46. The van der Waals surface area contributed by atoms with Gasteiger partial charge in [0.05, 0.1) is 33.3 Å². The smallest absolute Gasteiger partial charge is 0.338 e. The number of halogens is 1. The van der Waals surface area contributed by atoms with E-state index in [1.54, 1.807) is 109 Å². The molecule has 46 heavy (non-hydrogen) atoms. The van der Waals surface area contributed by atoms with Crippen LogP contribution in [0, 0.1) is 0 Å². The van der Waals surface area contributed by atoms with E-state index in [-0.39, 0.29) is 23.3 Å². The average molecular weight is 689 g/mol. The van der Waals surface area contributed by atoms with Crippen LogP contribution in [0.3, 0.4) is 0 Å². The highest BCUT2D eigenvalue weighted by Crippen LogP contribution is 2.25. The van der Waals surface area contributed by atoms with Crippen LogP contribution in [0.4, 0.5) is 0 Å². The molecule has 0 bridgehead atoms. The van der Waals surface area contributed by atoms with E-state index in [0.29, 0.717) is 5.56 Å². The summed E-state index contributed by atoms with van der Waals surface area (Å²) in [5.41, 5.74) is 0.884. The lowest BCUT2D eigenvalue weighted by atomic mass is 10.0. The first-order chi connectivity index (χ1) is 22.4. The molecule has 4 rings (SSSR count). The molecule has 0 aromatic heterocycles. The van der Waals surface area contributed by atoms with Crippen molar-refractivity contribution >= 4 is 46.0 Å². The molecule has 0 heterocycles. The Morgan fingerprint density at radius 1 is 0.587 bits per heavy atom. The van der Waals surface area contributed by atoms with Crippen LogP contribution in [0.15, 0.2) is 126 Å². The number of hydrogen-bond acceptors (Lipinski definition) is 10. The minimum atomic E-state index is -1.52. The van der Waals surface area contributed by atoms with Gasteiger partial charge in [-0.3, -0.25) is 0 Å². The van der Waals surface area contributed by atoms with Crippen LogP contribution >= 0.6 is 15.9 Å². The highest BCUT2D eigenvalue weighted by Gasteiger charge is 2.42. The van der Waals surface area contributed by atoms with Crippen LogP contribution in [0.2, 0.25) is 0 Å². The van der Waals surface area contributed by atoms with E-state index < -0.39 is 47.0 Å². The van der Waals surface area contributed by atoms with Gasteiger partial charge < -0.3 is 23.8 Å². The number of nitrogens with zero attached hydrogens (tertiary/aromatic N) is 1. The number of benzene rings is 4. The summed E-state index contributed by atoms with van der Waals surface area (Å²) >= 11 is 3.48. The number of alkyl halides is 1. The van der Waals surface area contributed by atoms with Gasteiger partial charge in [0.25, 0.3) is 0 Å². The zero-order valence-electron chi connectivity index (χ0n) is 24.6. The van der Waals surface area contributed by atoms with Crippen LogP contribution < -0.4 is 0 Å². The summed E-state index contributed by atoms with van der Waals surface area (Å²) in [7, 11) is 1.28. The number of carbonyl (C=O) groups excluding carboxylic acids is 4. The molecule has 4 aromatic rings. The van der Waals surface area contributed by atoms with Gasteiger partial charge in [0.15, 0.2) is 18.3 Å². The Morgan fingerprint density at radius 2 is 0.957 bits per heavy atom. The van der Waals surface area contributed by atoms with E-state index in [1.165, 1.54) is 19.2 Å². The van der Waals surface area contributed by atoms with E-state index in [0.717, 1.165) is 6.21 Å². The SMILES string of the molecule is CO/N=C/[C@H](OC(=O)c1ccccc1)[C@@H](OC(=O)c1ccccc1)[C@H](OC(=O)c1ccccc1)[C@@H](Br)COC(=O)c1ccccc1. The normalized spacial score (nSPS) is 13.4. The maximum Gasteiger partial charge on any atom is 0.338 e. The summed E-state index contributed by atoms with van der Waals surface area (Å²) in [6.45, 7) is -0.333. The molecule has 0 fully saturated rings. The number of rotatable bonds is 14. The predicted octanol–water partition coefficient (Wildman–Crippen LogP) is 5.92. The third-order valence-corrected chi connectivity index (χ3v) is 7.24. The van der Waals surface area contributed by atoms with E-state index in [2.05, 4.69) is 21.1 Å². The van der Waals surface area contributed by atoms with Crippen molar-refractivity contribution in [2.24, 2.45) is 5.16 Å². The first-order valence-electron chi connectivity index (χ1n) is 14.1. The minimum absolute atomic E-state index is 0.180. The van der Waals surface area contributed by atoms with Gasteiger partial charge in [-0.2, -0.15) is 0 Å². The van der Waals surface area contributed by atoms with Gasteiger partial charge in [0, 0.05) is 0 Å². The number of oxime groups is 1. The van der Waals surface area contributed by atoms with Crippen molar-refractivity contribution in [3.63, 3.8) is 0 Å².